The van der Waals surface area contributed by atoms with E-state index in [9.17, 15) is 4.39 Å². The van der Waals surface area contributed by atoms with Gasteiger partial charge in [-0.25, -0.2) is 4.39 Å². The van der Waals surface area contributed by atoms with Gasteiger partial charge < -0.3 is 5.32 Å². The molecule has 0 radical (unpaired) electrons. The number of para-hydroxylation sites is 1. The van der Waals surface area contributed by atoms with Gasteiger partial charge in [0.15, 0.2) is 0 Å². The fraction of sp³-hybridized carbons (Fsp3) is 0.294. The van der Waals surface area contributed by atoms with E-state index >= 15 is 0 Å². The van der Waals surface area contributed by atoms with Crippen molar-refractivity contribution in [1.29, 1.82) is 0 Å². The zero-order chi connectivity index (χ0) is 14.0. The molecule has 1 unspecified atom stereocenters. The number of benzene rings is 2. The molecular weight excluding hydrogens is 237 g/mol. The lowest BCUT2D eigenvalue weighted by Gasteiger charge is -2.20. The molecule has 0 aromatic heterocycles. The molecule has 19 heavy (non-hydrogen) atoms. The summed E-state index contributed by atoms with van der Waals surface area (Å²) in [6.07, 6.45) is 0. The van der Waals surface area contributed by atoms with Gasteiger partial charge in [0.1, 0.15) is 5.82 Å². The molecule has 0 spiro atoms. The Kier molecular flexibility index (Phi) is 3.89. The van der Waals surface area contributed by atoms with Crippen LogP contribution in [0.25, 0.3) is 0 Å². The lowest BCUT2D eigenvalue weighted by atomic mass is 9.99. The first-order valence-electron chi connectivity index (χ1n) is 6.58. The maximum absolute atomic E-state index is 13.8. The highest BCUT2D eigenvalue weighted by Crippen LogP contribution is 2.26. The summed E-state index contributed by atoms with van der Waals surface area (Å²) in [4.78, 5) is 0. The van der Waals surface area contributed by atoms with Crippen molar-refractivity contribution in [2.75, 3.05) is 5.32 Å². The first kappa shape index (κ1) is 13.6. The fourth-order valence-corrected chi connectivity index (χ4v) is 2.34. The topological polar surface area (TPSA) is 12.0 Å². The first-order valence-corrected chi connectivity index (χ1v) is 6.58. The molecule has 0 bridgehead atoms. The van der Waals surface area contributed by atoms with Crippen LogP contribution in [0.3, 0.4) is 0 Å². The van der Waals surface area contributed by atoms with Gasteiger partial charge in [-0.15, -0.1) is 0 Å². The lowest BCUT2D eigenvalue weighted by molar-refractivity contribution is 0.626. The number of rotatable bonds is 3. The third-order valence-electron chi connectivity index (χ3n) is 3.48. The molecular formula is C17H20FN. The number of halogens is 1. The van der Waals surface area contributed by atoms with Gasteiger partial charge in [-0.05, 0) is 50.5 Å². The van der Waals surface area contributed by atoms with E-state index in [1.807, 2.05) is 13.0 Å². The van der Waals surface area contributed by atoms with Crippen molar-refractivity contribution in [3.8, 4) is 0 Å². The number of nitrogens with one attached hydrogen (secondary N) is 1. The van der Waals surface area contributed by atoms with Crippen molar-refractivity contribution in [1.82, 2.24) is 0 Å². The van der Waals surface area contributed by atoms with Gasteiger partial charge in [0.05, 0.1) is 5.69 Å². The highest BCUT2D eigenvalue weighted by atomic mass is 19.1. The van der Waals surface area contributed by atoms with Gasteiger partial charge in [-0.2, -0.15) is 0 Å². The quantitative estimate of drug-likeness (QED) is 0.822. The van der Waals surface area contributed by atoms with Crippen molar-refractivity contribution < 1.29 is 4.39 Å². The van der Waals surface area contributed by atoms with Crippen LogP contribution in [0.2, 0.25) is 0 Å². The number of hydrogen-bond acceptors (Lipinski definition) is 1. The summed E-state index contributed by atoms with van der Waals surface area (Å²) in [6.45, 7) is 8.14. The molecule has 1 atom stereocenters. The van der Waals surface area contributed by atoms with Crippen molar-refractivity contribution in [2.24, 2.45) is 0 Å². The molecule has 0 aliphatic rings. The van der Waals surface area contributed by atoms with E-state index in [0.717, 1.165) is 5.56 Å². The highest BCUT2D eigenvalue weighted by Gasteiger charge is 2.12. The number of hydrogen-bond donors (Lipinski definition) is 1. The molecule has 100 valence electrons. The summed E-state index contributed by atoms with van der Waals surface area (Å²) in [5.41, 5.74) is 5.18. The van der Waals surface area contributed by atoms with E-state index in [-0.39, 0.29) is 11.9 Å². The van der Waals surface area contributed by atoms with E-state index in [1.54, 1.807) is 6.07 Å². The molecule has 2 aromatic carbocycles. The van der Waals surface area contributed by atoms with E-state index in [0.29, 0.717) is 5.69 Å². The van der Waals surface area contributed by atoms with Crippen LogP contribution in [0.4, 0.5) is 10.1 Å². The monoisotopic (exact) mass is 257 g/mol. The molecule has 0 aliphatic heterocycles. The fourth-order valence-electron chi connectivity index (χ4n) is 2.34. The molecule has 0 heterocycles. The Labute approximate surface area is 114 Å². The van der Waals surface area contributed by atoms with Crippen LogP contribution in [0.5, 0.6) is 0 Å². The Morgan fingerprint density at radius 1 is 1.00 bits per heavy atom. The largest absolute Gasteiger partial charge is 0.376 e. The van der Waals surface area contributed by atoms with Crippen molar-refractivity contribution >= 4 is 5.69 Å². The molecule has 0 aliphatic carbocycles. The van der Waals surface area contributed by atoms with Crippen LogP contribution in [-0.4, -0.2) is 0 Å². The summed E-state index contributed by atoms with van der Waals surface area (Å²) >= 11 is 0. The van der Waals surface area contributed by atoms with Gasteiger partial charge in [0, 0.05) is 6.04 Å². The summed E-state index contributed by atoms with van der Waals surface area (Å²) < 4.78 is 13.8. The van der Waals surface area contributed by atoms with Crippen LogP contribution < -0.4 is 5.32 Å². The molecule has 1 N–H and O–H groups in total. The Bertz CT molecular complexity index is 570. The van der Waals surface area contributed by atoms with Gasteiger partial charge in [-0.3, -0.25) is 0 Å². The second-order valence-corrected chi connectivity index (χ2v) is 5.16. The Hall–Kier alpha value is -1.83. The van der Waals surface area contributed by atoms with Crippen LogP contribution in [0.15, 0.2) is 36.4 Å². The molecule has 2 rings (SSSR count). The van der Waals surface area contributed by atoms with Gasteiger partial charge in [-0.1, -0.05) is 35.9 Å². The van der Waals surface area contributed by atoms with Gasteiger partial charge >= 0.3 is 0 Å². The minimum Gasteiger partial charge on any atom is -0.376 e. The lowest BCUT2D eigenvalue weighted by Crippen LogP contribution is -2.10. The predicted molar refractivity (Wildman–Crippen MR) is 79.1 cm³/mol. The van der Waals surface area contributed by atoms with Gasteiger partial charge in [0.25, 0.3) is 0 Å². The molecule has 0 saturated carbocycles. The summed E-state index contributed by atoms with van der Waals surface area (Å²) in [6, 6.07) is 11.6. The molecule has 2 aromatic rings. The maximum Gasteiger partial charge on any atom is 0.146 e. The highest BCUT2D eigenvalue weighted by molar-refractivity contribution is 5.53. The molecule has 0 saturated heterocycles. The van der Waals surface area contributed by atoms with Crippen LogP contribution in [0, 0.1) is 26.6 Å². The maximum atomic E-state index is 13.8. The van der Waals surface area contributed by atoms with E-state index in [4.69, 9.17) is 0 Å². The summed E-state index contributed by atoms with van der Waals surface area (Å²) in [5, 5.41) is 3.29. The van der Waals surface area contributed by atoms with E-state index in [1.165, 1.54) is 22.8 Å². The van der Waals surface area contributed by atoms with Crippen molar-refractivity contribution in [2.45, 2.75) is 33.7 Å². The Morgan fingerprint density at radius 2 is 1.74 bits per heavy atom. The standard InChI is InChI=1S/C17H20FN/c1-11-8-9-12(2)15(10-11)14(4)19-17-13(3)6-5-7-16(17)18/h5-10,14,19H,1-4H3. The zero-order valence-corrected chi connectivity index (χ0v) is 11.9. The minimum absolute atomic E-state index is 0.0792. The third-order valence-corrected chi connectivity index (χ3v) is 3.48. The Balaban J connectivity index is 2.31. The average molecular weight is 257 g/mol. The second-order valence-electron chi connectivity index (χ2n) is 5.16. The number of anilines is 1. The predicted octanol–water partition coefficient (Wildman–Crippen LogP) is 4.92. The summed E-state index contributed by atoms with van der Waals surface area (Å²) in [7, 11) is 0. The second kappa shape index (κ2) is 5.43. The average Bonchev–Trinajstić information content (AvgIpc) is 2.37. The third kappa shape index (κ3) is 2.95. The van der Waals surface area contributed by atoms with Crippen LogP contribution >= 0.6 is 0 Å². The molecule has 0 fully saturated rings. The van der Waals surface area contributed by atoms with E-state index in [2.05, 4.69) is 44.3 Å². The normalized spacial score (nSPS) is 12.3. The Morgan fingerprint density at radius 3 is 2.42 bits per heavy atom. The summed E-state index contributed by atoms with van der Waals surface area (Å²) in [5.74, 6) is -0.197. The molecule has 0 amide bonds. The van der Waals surface area contributed by atoms with Gasteiger partial charge in [0.2, 0.25) is 0 Å². The smallest absolute Gasteiger partial charge is 0.146 e. The van der Waals surface area contributed by atoms with Crippen LogP contribution in [-0.2, 0) is 0 Å². The zero-order valence-electron chi connectivity index (χ0n) is 11.9. The SMILES string of the molecule is Cc1ccc(C)c(C(C)Nc2c(C)cccc2F)c1. The van der Waals surface area contributed by atoms with E-state index < -0.39 is 0 Å². The molecule has 2 heteroatoms. The molecule has 1 nitrogen and oxygen atoms in total. The van der Waals surface area contributed by atoms with Crippen molar-refractivity contribution in [3.05, 3.63) is 64.5 Å². The minimum atomic E-state index is -0.197. The van der Waals surface area contributed by atoms with Crippen molar-refractivity contribution in [3.63, 3.8) is 0 Å². The number of aryl methyl sites for hydroxylation is 3. The first-order chi connectivity index (χ1) is 8.99. The van der Waals surface area contributed by atoms with Crippen LogP contribution in [0.1, 0.15) is 35.2 Å².